The topological polar surface area (TPSA) is 166 Å². The molecule has 2 amide bonds. The number of amides is 2. The smallest absolute Gasteiger partial charge is 0.303 e. The van der Waals surface area contributed by atoms with Gasteiger partial charge < -0.3 is 36.7 Å². The lowest BCUT2D eigenvalue weighted by molar-refractivity contribution is -0.151. The fraction of sp³-hybridized carbons (Fsp3) is 0.571. The van der Waals surface area contributed by atoms with Crippen molar-refractivity contribution in [2.75, 3.05) is 19.7 Å². The number of primary amides is 1. The quantitative estimate of drug-likeness (QED) is 0.198. The molecule has 1 fully saturated rings. The summed E-state index contributed by atoms with van der Waals surface area (Å²) in [6.07, 6.45) is 1.09. The molecule has 11 heteroatoms. The number of carbonyl (C=O) groups is 3. The van der Waals surface area contributed by atoms with Crippen molar-refractivity contribution in [2.45, 2.75) is 56.9 Å². The van der Waals surface area contributed by atoms with Crippen LogP contribution in [0.25, 0.3) is 0 Å². The summed E-state index contributed by atoms with van der Waals surface area (Å²) in [7, 11) is 0. The van der Waals surface area contributed by atoms with Gasteiger partial charge >= 0.3 is 5.97 Å². The van der Waals surface area contributed by atoms with Crippen LogP contribution in [0.4, 0.5) is 0 Å². The molecule has 1 aromatic rings. The van der Waals surface area contributed by atoms with E-state index in [-0.39, 0.29) is 25.1 Å². The summed E-state index contributed by atoms with van der Waals surface area (Å²) in [5.41, 5.74) is 11.7. The molecule has 1 heterocycles. The van der Waals surface area contributed by atoms with Crippen LogP contribution >= 0.6 is 12.4 Å². The van der Waals surface area contributed by atoms with E-state index < -0.39 is 36.0 Å². The Morgan fingerprint density at radius 3 is 2.53 bits per heavy atom. The van der Waals surface area contributed by atoms with Crippen LogP contribution in [0.5, 0.6) is 5.75 Å². The molecule has 32 heavy (non-hydrogen) atoms. The molecule has 1 aliphatic heterocycles. The predicted octanol–water partition coefficient (Wildman–Crippen LogP) is -0.607. The van der Waals surface area contributed by atoms with Crippen LogP contribution in [-0.4, -0.2) is 66.9 Å². The lowest BCUT2D eigenvalue weighted by Crippen LogP contribution is -2.46. The van der Waals surface area contributed by atoms with Gasteiger partial charge in [-0.15, -0.1) is 12.4 Å². The van der Waals surface area contributed by atoms with E-state index in [0.717, 1.165) is 12.0 Å². The second-order valence-corrected chi connectivity index (χ2v) is 7.60. The number of carbonyl (C=O) groups excluding carboxylic acids is 3. The van der Waals surface area contributed by atoms with Crippen LogP contribution in [0, 0.1) is 0 Å². The van der Waals surface area contributed by atoms with Gasteiger partial charge in [0.15, 0.2) is 6.61 Å². The first-order chi connectivity index (χ1) is 14.8. The number of nitrogens with two attached hydrogens (primary N) is 2. The Kier molecular flexibility index (Phi) is 12.0. The van der Waals surface area contributed by atoms with Crippen molar-refractivity contribution in [1.29, 1.82) is 0 Å². The first-order valence-electron chi connectivity index (χ1n) is 10.4. The largest absolute Gasteiger partial charge is 0.484 e. The van der Waals surface area contributed by atoms with Crippen LogP contribution < -0.4 is 26.8 Å². The van der Waals surface area contributed by atoms with Gasteiger partial charge in [-0.05, 0) is 49.9 Å². The third kappa shape index (κ3) is 8.99. The third-order valence-electron chi connectivity index (χ3n) is 5.04. The summed E-state index contributed by atoms with van der Waals surface area (Å²) >= 11 is 0. The van der Waals surface area contributed by atoms with Gasteiger partial charge in [-0.3, -0.25) is 14.4 Å². The third-order valence-corrected chi connectivity index (χ3v) is 5.04. The van der Waals surface area contributed by atoms with Crippen molar-refractivity contribution in [1.82, 2.24) is 10.6 Å². The van der Waals surface area contributed by atoms with E-state index >= 15 is 0 Å². The Balaban J connectivity index is 0.00000512. The zero-order valence-electron chi connectivity index (χ0n) is 18.1. The number of ether oxygens (including phenoxy) is 2. The maximum absolute atomic E-state index is 12.1. The molecular formula is C21H33ClN4O6. The van der Waals surface area contributed by atoms with Crippen LogP contribution in [0.15, 0.2) is 24.3 Å². The van der Waals surface area contributed by atoms with Crippen LogP contribution in [0.2, 0.25) is 0 Å². The second-order valence-electron chi connectivity index (χ2n) is 7.60. The molecule has 1 saturated heterocycles. The van der Waals surface area contributed by atoms with Gasteiger partial charge in [-0.25, -0.2) is 0 Å². The zero-order chi connectivity index (χ0) is 22.8. The molecule has 180 valence electrons. The van der Waals surface area contributed by atoms with E-state index in [2.05, 4.69) is 10.6 Å². The molecule has 2 rings (SSSR count). The molecular weight excluding hydrogens is 440 g/mol. The molecule has 4 atom stereocenters. The van der Waals surface area contributed by atoms with E-state index in [1.165, 1.54) is 6.92 Å². The number of halogens is 1. The first kappa shape index (κ1) is 27.6. The molecule has 0 unspecified atom stereocenters. The van der Waals surface area contributed by atoms with Gasteiger partial charge in [-0.1, -0.05) is 12.1 Å². The summed E-state index contributed by atoms with van der Waals surface area (Å²) in [6.45, 7) is 1.94. The number of unbranched alkanes of at least 4 members (excludes halogenated alkanes) is 1. The standard InChI is InChI=1S/C21H32N4O6.ClH/c1-13(26)31-20-17(24-11-18(20)27)10-14-5-7-15(8-6-14)30-12-19(28)25-16(21(23)29)4-2-3-9-22;/h5-8,16-18,20,24,27H,2-4,9-12,22H2,1H3,(H2,23,29)(H,25,28);1H/t16-,17+,18-,20-;/m0./s1. The number of aliphatic hydroxyl groups excluding tert-OH is 1. The Morgan fingerprint density at radius 1 is 1.25 bits per heavy atom. The first-order valence-corrected chi connectivity index (χ1v) is 10.4. The summed E-state index contributed by atoms with van der Waals surface area (Å²) in [4.78, 5) is 34.8. The monoisotopic (exact) mass is 472 g/mol. The number of β-amino-alcohol motifs (C(OH)–C–C–N with tert-alkyl or cyclic N) is 1. The Labute approximate surface area is 193 Å². The minimum absolute atomic E-state index is 0. The summed E-state index contributed by atoms with van der Waals surface area (Å²) < 4.78 is 10.7. The summed E-state index contributed by atoms with van der Waals surface area (Å²) in [6, 6.07) is 6.18. The fourth-order valence-electron chi connectivity index (χ4n) is 3.45. The van der Waals surface area contributed by atoms with Gasteiger partial charge in [0.25, 0.3) is 5.91 Å². The Morgan fingerprint density at radius 2 is 1.94 bits per heavy atom. The van der Waals surface area contributed by atoms with Crippen LogP contribution in [-0.2, 0) is 25.5 Å². The maximum atomic E-state index is 12.1. The molecule has 7 N–H and O–H groups in total. The number of nitrogens with one attached hydrogen (secondary N) is 2. The van der Waals surface area contributed by atoms with Crippen molar-refractivity contribution in [3.8, 4) is 5.75 Å². The van der Waals surface area contributed by atoms with Gasteiger partial charge in [0.05, 0.1) is 6.04 Å². The molecule has 1 aromatic carbocycles. The van der Waals surface area contributed by atoms with E-state index in [0.29, 0.717) is 38.1 Å². The number of hydrogen-bond acceptors (Lipinski definition) is 8. The molecule has 0 aliphatic carbocycles. The highest BCUT2D eigenvalue weighted by atomic mass is 35.5. The number of aliphatic hydroxyl groups is 1. The van der Waals surface area contributed by atoms with Gasteiger partial charge in [-0.2, -0.15) is 0 Å². The molecule has 0 bridgehead atoms. The van der Waals surface area contributed by atoms with Crippen molar-refractivity contribution >= 4 is 30.2 Å². The zero-order valence-corrected chi connectivity index (χ0v) is 18.9. The maximum Gasteiger partial charge on any atom is 0.303 e. The number of esters is 1. The molecule has 1 aliphatic rings. The van der Waals surface area contributed by atoms with Gasteiger partial charge in [0.2, 0.25) is 5.91 Å². The van der Waals surface area contributed by atoms with Crippen molar-refractivity contribution in [2.24, 2.45) is 11.5 Å². The highest BCUT2D eigenvalue weighted by Gasteiger charge is 2.37. The second kappa shape index (κ2) is 13.9. The highest BCUT2D eigenvalue weighted by molar-refractivity contribution is 5.87. The Bertz CT molecular complexity index is 748. The van der Waals surface area contributed by atoms with E-state index in [4.69, 9.17) is 20.9 Å². The molecule has 0 spiro atoms. The normalized spacial score (nSPS) is 20.7. The summed E-state index contributed by atoms with van der Waals surface area (Å²) in [5.74, 6) is -0.965. The summed E-state index contributed by atoms with van der Waals surface area (Å²) in [5, 5.41) is 15.7. The SMILES string of the molecule is CC(=O)O[C@@H]1[C@@H](O)CN[C@@H]1Cc1ccc(OCC(=O)N[C@@H](CCCCN)C(N)=O)cc1.Cl. The number of rotatable bonds is 12. The van der Waals surface area contributed by atoms with Crippen LogP contribution in [0.3, 0.4) is 0 Å². The minimum atomic E-state index is -0.746. The van der Waals surface area contributed by atoms with E-state index in [1.54, 1.807) is 12.1 Å². The average Bonchev–Trinajstić information content (AvgIpc) is 3.05. The predicted molar refractivity (Wildman–Crippen MR) is 120 cm³/mol. The van der Waals surface area contributed by atoms with Gasteiger partial charge in [0, 0.05) is 13.5 Å². The van der Waals surface area contributed by atoms with E-state index in [9.17, 15) is 19.5 Å². The minimum Gasteiger partial charge on any atom is -0.484 e. The Hall–Kier alpha value is -2.40. The molecule has 0 aromatic heterocycles. The van der Waals surface area contributed by atoms with Crippen LogP contribution in [0.1, 0.15) is 31.7 Å². The highest BCUT2D eigenvalue weighted by Crippen LogP contribution is 2.19. The van der Waals surface area contributed by atoms with Crippen molar-refractivity contribution in [3.63, 3.8) is 0 Å². The lowest BCUT2D eigenvalue weighted by Gasteiger charge is -2.21. The number of benzene rings is 1. The van der Waals surface area contributed by atoms with Crippen molar-refractivity contribution in [3.05, 3.63) is 29.8 Å². The molecule has 0 radical (unpaired) electrons. The fourth-order valence-corrected chi connectivity index (χ4v) is 3.45. The lowest BCUT2D eigenvalue weighted by atomic mass is 10.0. The van der Waals surface area contributed by atoms with Crippen molar-refractivity contribution < 1.29 is 29.0 Å². The molecule has 10 nitrogen and oxygen atoms in total. The van der Waals surface area contributed by atoms with Gasteiger partial charge in [0.1, 0.15) is 24.0 Å². The molecule has 0 saturated carbocycles. The van der Waals surface area contributed by atoms with E-state index in [1.807, 2.05) is 12.1 Å². The average molecular weight is 473 g/mol. The number of hydrogen-bond donors (Lipinski definition) is 5.